The Hall–Kier alpha value is -2.45. The summed E-state index contributed by atoms with van der Waals surface area (Å²) in [6.45, 7) is 2.17. The molecule has 0 spiro atoms. The Labute approximate surface area is 142 Å². The van der Waals surface area contributed by atoms with Crippen molar-refractivity contribution >= 4 is 16.3 Å². The van der Waals surface area contributed by atoms with Gasteiger partial charge in [0.2, 0.25) is 0 Å². The highest BCUT2D eigenvalue weighted by atomic mass is 32.1. The monoisotopic (exact) mass is 338 g/mol. The average Bonchev–Trinajstić information content (AvgIpc) is 3.09. The van der Waals surface area contributed by atoms with Crippen molar-refractivity contribution in [1.29, 1.82) is 0 Å². The van der Waals surface area contributed by atoms with Gasteiger partial charge in [-0.3, -0.25) is 9.20 Å². The fourth-order valence-electron chi connectivity index (χ4n) is 3.31. The Morgan fingerprint density at radius 3 is 3.12 bits per heavy atom. The van der Waals surface area contributed by atoms with E-state index in [1.807, 2.05) is 0 Å². The zero-order valence-corrected chi connectivity index (χ0v) is 14.0. The number of nitrogens with zero attached hydrogens (tertiary/aromatic N) is 2. The van der Waals surface area contributed by atoms with Gasteiger partial charge in [0.15, 0.2) is 4.96 Å². The zero-order valence-electron chi connectivity index (χ0n) is 13.2. The van der Waals surface area contributed by atoms with Crippen molar-refractivity contribution in [3.8, 4) is 12.3 Å². The summed E-state index contributed by atoms with van der Waals surface area (Å²) in [5.41, 5.74) is 2.26. The Balaban J connectivity index is 1.80. The summed E-state index contributed by atoms with van der Waals surface area (Å²) in [5, 5.41) is 0. The van der Waals surface area contributed by atoms with Gasteiger partial charge >= 0.3 is 0 Å². The molecule has 0 amide bonds. The molecule has 2 heterocycles. The fraction of sp³-hybridized carbons (Fsp3) is 0.263. The summed E-state index contributed by atoms with van der Waals surface area (Å²) in [4.78, 5) is 19.1. The molecule has 0 radical (unpaired) electrons. The maximum atomic E-state index is 14.3. The van der Waals surface area contributed by atoms with Crippen molar-refractivity contribution in [1.82, 2.24) is 9.38 Å². The molecule has 0 saturated carbocycles. The Morgan fingerprint density at radius 2 is 2.33 bits per heavy atom. The summed E-state index contributed by atoms with van der Waals surface area (Å²) in [5.74, 6) is 2.39. The second-order valence-corrected chi connectivity index (χ2v) is 7.17. The minimum absolute atomic E-state index is 0.0879. The van der Waals surface area contributed by atoms with Crippen molar-refractivity contribution in [2.75, 3.05) is 0 Å². The predicted octanol–water partition coefficient (Wildman–Crippen LogP) is 3.52. The van der Waals surface area contributed by atoms with Crippen LogP contribution in [0.2, 0.25) is 0 Å². The van der Waals surface area contributed by atoms with Crippen LogP contribution in [0.4, 0.5) is 4.39 Å². The van der Waals surface area contributed by atoms with E-state index < -0.39 is 5.82 Å². The zero-order chi connectivity index (χ0) is 16.8. The van der Waals surface area contributed by atoms with Crippen LogP contribution in [-0.4, -0.2) is 9.38 Å². The minimum atomic E-state index is -0.413. The van der Waals surface area contributed by atoms with E-state index in [4.69, 9.17) is 6.42 Å². The number of terminal acetylenes is 1. The average molecular weight is 338 g/mol. The number of rotatable bonds is 2. The molecule has 1 aliphatic rings. The molecule has 3 aromatic rings. The van der Waals surface area contributed by atoms with Crippen LogP contribution in [0.15, 0.2) is 29.1 Å². The fourth-order valence-corrected chi connectivity index (χ4v) is 4.59. The van der Waals surface area contributed by atoms with Gasteiger partial charge in [-0.1, -0.05) is 25.0 Å². The third-order valence-corrected chi connectivity index (χ3v) is 5.88. The van der Waals surface area contributed by atoms with Crippen molar-refractivity contribution in [2.24, 2.45) is 0 Å². The van der Waals surface area contributed by atoms with Crippen LogP contribution in [0, 0.1) is 18.2 Å². The standard InChI is InChI=1S/C19H15FN2OS/c1-3-12-5-4-6-13(17(12)20)9-14-10-16(23)22-15-8-7-11(2)18(15)24-19(22)21-14/h1,4-6,10-11H,7-9H2,2H3. The number of benzene rings is 1. The van der Waals surface area contributed by atoms with E-state index in [1.165, 1.54) is 10.9 Å². The number of hydrogen-bond acceptors (Lipinski definition) is 3. The first-order valence-corrected chi connectivity index (χ1v) is 8.68. The van der Waals surface area contributed by atoms with Gasteiger partial charge in [0, 0.05) is 23.1 Å². The maximum Gasteiger partial charge on any atom is 0.258 e. The highest BCUT2D eigenvalue weighted by molar-refractivity contribution is 7.17. The Morgan fingerprint density at radius 1 is 1.50 bits per heavy atom. The van der Waals surface area contributed by atoms with Gasteiger partial charge in [0.25, 0.3) is 5.56 Å². The van der Waals surface area contributed by atoms with Crippen LogP contribution in [0.5, 0.6) is 0 Å². The van der Waals surface area contributed by atoms with Gasteiger partial charge in [-0.25, -0.2) is 9.37 Å². The molecule has 5 heteroatoms. The molecule has 4 rings (SSSR count). The number of halogens is 1. The van der Waals surface area contributed by atoms with Gasteiger partial charge in [-0.2, -0.15) is 0 Å². The van der Waals surface area contributed by atoms with E-state index >= 15 is 0 Å². The molecule has 0 fully saturated rings. The second kappa shape index (κ2) is 5.57. The van der Waals surface area contributed by atoms with Crippen LogP contribution in [0.1, 0.15) is 46.7 Å². The number of aromatic nitrogens is 2. The number of hydrogen-bond donors (Lipinski definition) is 0. The van der Waals surface area contributed by atoms with Gasteiger partial charge < -0.3 is 0 Å². The number of fused-ring (bicyclic) bond motifs is 3. The molecule has 1 atom stereocenters. The summed E-state index contributed by atoms with van der Waals surface area (Å²) < 4.78 is 16.0. The normalized spacial score (nSPS) is 16.3. The lowest BCUT2D eigenvalue weighted by Crippen LogP contribution is -2.16. The van der Waals surface area contributed by atoms with Crippen LogP contribution in [0.25, 0.3) is 4.96 Å². The molecular weight excluding hydrogens is 323 g/mol. The molecule has 1 unspecified atom stereocenters. The Kier molecular flexibility index (Phi) is 3.50. The molecule has 0 bridgehead atoms. The van der Waals surface area contributed by atoms with Crippen LogP contribution in [-0.2, 0) is 12.8 Å². The van der Waals surface area contributed by atoms with Crippen molar-refractivity contribution in [3.05, 3.63) is 67.8 Å². The molecule has 0 aliphatic heterocycles. The van der Waals surface area contributed by atoms with Crippen LogP contribution < -0.4 is 5.56 Å². The largest absolute Gasteiger partial charge is 0.269 e. The second-order valence-electron chi connectivity index (χ2n) is 6.16. The summed E-state index contributed by atoms with van der Waals surface area (Å²) in [6, 6.07) is 6.47. The molecule has 1 aromatic carbocycles. The van der Waals surface area contributed by atoms with Crippen molar-refractivity contribution in [3.63, 3.8) is 0 Å². The lowest BCUT2D eigenvalue weighted by molar-refractivity contribution is 0.610. The van der Waals surface area contributed by atoms with Gasteiger partial charge in [0.05, 0.1) is 11.3 Å². The van der Waals surface area contributed by atoms with Crippen LogP contribution >= 0.6 is 11.3 Å². The molecule has 3 nitrogen and oxygen atoms in total. The minimum Gasteiger partial charge on any atom is -0.269 e. The molecule has 24 heavy (non-hydrogen) atoms. The lowest BCUT2D eigenvalue weighted by atomic mass is 10.1. The number of thiazole rings is 1. The van der Waals surface area contributed by atoms with E-state index in [0.717, 1.165) is 18.5 Å². The first-order valence-electron chi connectivity index (χ1n) is 7.86. The van der Waals surface area contributed by atoms with Gasteiger partial charge in [-0.15, -0.1) is 17.8 Å². The van der Waals surface area contributed by atoms with Crippen molar-refractivity contribution < 1.29 is 4.39 Å². The predicted molar refractivity (Wildman–Crippen MR) is 93.2 cm³/mol. The molecule has 0 N–H and O–H groups in total. The van der Waals surface area contributed by atoms with Crippen LogP contribution in [0.3, 0.4) is 0 Å². The van der Waals surface area contributed by atoms with E-state index in [1.54, 1.807) is 33.9 Å². The van der Waals surface area contributed by atoms with E-state index in [-0.39, 0.29) is 17.5 Å². The smallest absolute Gasteiger partial charge is 0.258 e. The molecule has 120 valence electrons. The van der Waals surface area contributed by atoms with Crippen molar-refractivity contribution in [2.45, 2.75) is 32.1 Å². The number of aryl methyl sites for hydroxylation is 1. The molecule has 2 aromatic heterocycles. The highest BCUT2D eigenvalue weighted by Gasteiger charge is 2.25. The van der Waals surface area contributed by atoms with Gasteiger partial charge in [-0.05, 0) is 30.4 Å². The first kappa shape index (κ1) is 15.1. The first-order chi connectivity index (χ1) is 11.6. The third-order valence-electron chi connectivity index (χ3n) is 4.56. The summed E-state index contributed by atoms with van der Waals surface area (Å²) in [6.07, 6.45) is 7.56. The Bertz CT molecular complexity index is 1060. The topological polar surface area (TPSA) is 34.4 Å². The summed E-state index contributed by atoms with van der Waals surface area (Å²) >= 11 is 1.57. The quantitative estimate of drug-likeness (QED) is 0.670. The third kappa shape index (κ3) is 2.26. The molecule has 1 aliphatic carbocycles. The maximum absolute atomic E-state index is 14.3. The SMILES string of the molecule is C#Cc1cccc(Cc2cc(=O)n3c4c(sc3n2)C(C)CC4)c1F. The van der Waals surface area contributed by atoms with E-state index in [9.17, 15) is 9.18 Å². The molecular formula is C19H15FN2OS. The lowest BCUT2D eigenvalue weighted by Gasteiger charge is -2.05. The van der Waals surface area contributed by atoms with E-state index in [0.29, 0.717) is 22.1 Å². The van der Waals surface area contributed by atoms with Gasteiger partial charge in [0.1, 0.15) is 5.82 Å². The molecule has 0 saturated heterocycles. The highest BCUT2D eigenvalue weighted by Crippen LogP contribution is 2.37. The summed E-state index contributed by atoms with van der Waals surface area (Å²) in [7, 11) is 0. The van der Waals surface area contributed by atoms with E-state index in [2.05, 4.69) is 17.8 Å².